The molecule has 1 aliphatic heterocycles. The van der Waals surface area contributed by atoms with Crippen molar-refractivity contribution >= 4 is 12.0 Å². The molecule has 6 heteroatoms. The summed E-state index contributed by atoms with van der Waals surface area (Å²) < 4.78 is 0. The molecule has 1 rings (SSSR count). The Kier molecular flexibility index (Phi) is 1.77. The highest BCUT2D eigenvalue weighted by Crippen LogP contribution is 1.97. The Balaban J connectivity index is 2.80. The van der Waals surface area contributed by atoms with Gasteiger partial charge in [-0.1, -0.05) is 0 Å². The van der Waals surface area contributed by atoms with Gasteiger partial charge in [0.2, 0.25) is 0 Å². The van der Waals surface area contributed by atoms with E-state index in [2.05, 4.69) is 0 Å². The number of aliphatic hydroxyl groups is 1. The average Bonchev–Trinajstić information content (AvgIpc) is 1.85. The molecule has 0 aliphatic carbocycles. The summed E-state index contributed by atoms with van der Waals surface area (Å²) in [5, 5.41) is 21.2. The lowest BCUT2D eigenvalue weighted by Crippen LogP contribution is -2.47. The fourth-order valence-corrected chi connectivity index (χ4v) is 0.659. The van der Waals surface area contributed by atoms with Crippen LogP contribution in [0.15, 0.2) is 11.8 Å². The SMILES string of the molecule is O=C1NC(C(=O)O)=CC(O)N1. The number of urea groups is 1. The first-order valence-electron chi connectivity index (χ1n) is 2.80. The smallest absolute Gasteiger partial charge is 0.352 e. The number of amides is 2. The molecule has 0 aromatic carbocycles. The summed E-state index contributed by atoms with van der Waals surface area (Å²) in [4.78, 5) is 20.7. The number of carbonyl (C=O) groups is 2. The van der Waals surface area contributed by atoms with E-state index < -0.39 is 18.2 Å². The molecule has 0 bridgehead atoms. The summed E-state index contributed by atoms with van der Waals surface area (Å²) >= 11 is 0. The Morgan fingerprint density at radius 2 is 2.27 bits per heavy atom. The highest BCUT2D eigenvalue weighted by Gasteiger charge is 2.19. The van der Waals surface area contributed by atoms with Gasteiger partial charge in [0, 0.05) is 0 Å². The molecule has 2 amide bonds. The molecule has 1 aliphatic rings. The molecule has 0 radical (unpaired) electrons. The molecule has 60 valence electrons. The van der Waals surface area contributed by atoms with Crippen LogP contribution in [0.1, 0.15) is 0 Å². The summed E-state index contributed by atoms with van der Waals surface area (Å²) in [5.41, 5.74) is -0.318. The lowest BCUT2D eigenvalue weighted by Gasteiger charge is -2.16. The van der Waals surface area contributed by atoms with E-state index in [9.17, 15) is 9.59 Å². The quantitative estimate of drug-likeness (QED) is 0.376. The molecule has 6 nitrogen and oxygen atoms in total. The third kappa shape index (κ3) is 1.68. The van der Waals surface area contributed by atoms with Gasteiger partial charge in [0.25, 0.3) is 0 Å². The van der Waals surface area contributed by atoms with Gasteiger partial charge in [-0.2, -0.15) is 0 Å². The first kappa shape index (κ1) is 7.55. The maximum Gasteiger partial charge on any atom is 0.352 e. The van der Waals surface area contributed by atoms with E-state index in [1.807, 2.05) is 10.6 Å². The van der Waals surface area contributed by atoms with Gasteiger partial charge in [-0.3, -0.25) is 0 Å². The number of carboxylic acid groups (broad SMARTS) is 1. The predicted octanol–water partition coefficient (Wildman–Crippen LogP) is -1.41. The highest BCUT2D eigenvalue weighted by atomic mass is 16.4. The molecule has 0 spiro atoms. The van der Waals surface area contributed by atoms with Gasteiger partial charge in [-0.15, -0.1) is 0 Å². The van der Waals surface area contributed by atoms with E-state index in [0.717, 1.165) is 6.08 Å². The van der Waals surface area contributed by atoms with Crippen LogP contribution in [0.4, 0.5) is 4.79 Å². The van der Waals surface area contributed by atoms with E-state index in [1.165, 1.54) is 0 Å². The molecule has 1 heterocycles. The number of hydrogen-bond acceptors (Lipinski definition) is 3. The van der Waals surface area contributed by atoms with Crippen LogP contribution in [0.25, 0.3) is 0 Å². The Morgan fingerprint density at radius 3 is 2.73 bits per heavy atom. The molecule has 0 aromatic heterocycles. The van der Waals surface area contributed by atoms with E-state index in [-0.39, 0.29) is 5.70 Å². The minimum absolute atomic E-state index is 0.318. The molecular formula is C5H6N2O4. The van der Waals surface area contributed by atoms with Crippen LogP contribution in [0.2, 0.25) is 0 Å². The molecule has 11 heavy (non-hydrogen) atoms. The van der Waals surface area contributed by atoms with E-state index in [0.29, 0.717) is 0 Å². The Bertz CT molecular complexity index is 235. The van der Waals surface area contributed by atoms with Crippen molar-refractivity contribution in [3.63, 3.8) is 0 Å². The predicted molar refractivity (Wildman–Crippen MR) is 33.4 cm³/mol. The standard InChI is InChI=1S/C5H6N2O4/c8-3-1-2(4(9)10)6-5(11)7-3/h1,3,8H,(H,9,10)(H2,6,7,11). The van der Waals surface area contributed by atoms with Gasteiger partial charge in [0.15, 0.2) is 0 Å². The highest BCUT2D eigenvalue weighted by molar-refractivity contribution is 5.93. The molecule has 1 unspecified atom stereocenters. The topological polar surface area (TPSA) is 98.7 Å². The summed E-state index contributed by atoms with van der Waals surface area (Å²) in [6.45, 7) is 0. The average molecular weight is 158 g/mol. The van der Waals surface area contributed by atoms with Crippen molar-refractivity contribution in [3.05, 3.63) is 11.8 Å². The third-order valence-electron chi connectivity index (χ3n) is 1.08. The molecule has 4 N–H and O–H groups in total. The minimum atomic E-state index is -1.28. The number of aliphatic carboxylic acids is 1. The van der Waals surface area contributed by atoms with Crippen molar-refractivity contribution in [1.82, 2.24) is 10.6 Å². The molecule has 0 saturated heterocycles. The molecule has 0 fully saturated rings. The summed E-state index contributed by atoms with van der Waals surface area (Å²) in [7, 11) is 0. The van der Waals surface area contributed by atoms with Crippen LogP contribution in [0, 0.1) is 0 Å². The van der Waals surface area contributed by atoms with Crippen molar-refractivity contribution in [2.45, 2.75) is 6.23 Å². The van der Waals surface area contributed by atoms with Crippen LogP contribution in [0.5, 0.6) is 0 Å². The zero-order valence-corrected chi connectivity index (χ0v) is 5.37. The monoisotopic (exact) mass is 158 g/mol. The summed E-state index contributed by atoms with van der Waals surface area (Å²) in [5.74, 6) is -1.28. The minimum Gasteiger partial charge on any atom is -0.477 e. The van der Waals surface area contributed by atoms with Gasteiger partial charge >= 0.3 is 12.0 Å². The number of hydrogen-bond donors (Lipinski definition) is 4. The third-order valence-corrected chi connectivity index (χ3v) is 1.08. The van der Waals surface area contributed by atoms with Gasteiger partial charge in [-0.05, 0) is 6.08 Å². The Hall–Kier alpha value is -1.56. The second kappa shape index (κ2) is 2.59. The number of carboxylic acids is 1. The van der Waals surface area contributed by atoms with Crippen LogP contribution in [0.3, 0.4) is 0 Å². The fourth-order valence-electron chi connectivity index (χ4n) is 0.659. The first-order valence-corrected chi connectivity index (χ1v) is 2.80. The second-order valence-electron chi connectivity index (χ2n) is 1.93. The molecule has 0 aromatic rings. The first-order chi connectivity index (χ1) is 5.09. The number of carbonyl (C=O) groups excluding carboxylic acids is 1. The Morgan fingerprint density at radius 1 is 1.64 bits per heavy atom. The lowest BCUT2D eigenvalue weighted by molar-refractivity contribution is -0.133. The van der Waals surface area contributed by atoms with Crippen molar-refractivity contribution in [1.29, 1.82) is 0 Å². The molecular weight excluding hydrogens is 152 g/mol. The van der Waals surface area contributed by atoms with E-state index >= 15 is 0 Å². The maximum absolute atomic E-state index is 10.5. The second-order valence-corrected chi connectivity index (χ2v) is 1.93. The number of aliphatic hydroxyl groups excluding tert-OH is 1. The zero-order valence-electron chi connectivity index (χ0n) is 5.37. The van der Waals surface area contributed by atoms with Gasteiger partial charge in [0.1, 0.15) is 11.9 Å². The normalized spacial score (nSPS) is 23.2. The largest absolute Gasteiger partial charge is 0.477 e. The van der Waals surface area contributed by atoms with E-state index in [1.54, 1.807) is 0 Å². The zero-order chi connectivity index (χ0) is 8.43. The maximum atomic E-state index is 10.5. The van der Waals surface area contributed by atoms with E-state index in [4.69, 9.17) is 10.2 Å². The van der Waals surface area contributed by atoms with Gasteiger partial charge in [-0.25, -0.2) is 9.59 Å². The van der Waals surface area contributed by atoms with Crippen molar-refractivity contribution in [2.24, 2.45) is 0 Å². The molecule has 0 saturated carbocycles. The van der Waals surface area contributed by atoms with Crippen molar-refractivity contribution in [2.75, 3.05) is 0 Å². The van der Waals surface area contributed by atoms with Crippen LogP contribution in [-0.4, -0.2) is 28.4 Å². The van der Waals surface area contributed by atoms with Crippen LogP contribution < -0.4 is 10.6 Å². The summed E-state index contributed by atoms with van der Waals surface area (Å²) in [6.07, 6.45) is -0.237. The van der Waals surface area contributed by atoms with Gasteiger partial charge < -0.3 is 20.8 Å². The summed E-state index contributed by atoms with van der Waals surface area (Å²) in [6, 6.07) is -0.725. The fraction of sp³-hybridized carbons (Fsp3) is 0.200. The number of rotatable bonds is 1. The van der Waals surface area contributed by atoms with Crippen LogP contribution in [-0.2, 0) is 4.79 Å². The van der Waals surface area contributed by atoms with Crippen molar-refractivity contribution in [3.8, 4) is 0 Å². The lowest BCUT2D eigenvalue weighted by atomic mass is 10.3. The van der Waals surface area contributed by atoms with Gasteiger partial charge in [0.05, 0.1) is 0 Å². The van der Waals surface area contributed by atoms with Crippen molar-refractivity contribution < 1.29 is 19.8 Å². The van der Waals surface area contributed by atoms with Crippen LogP contribution >= 0.6 is 0 Å². The molecule has 1 atom stereocenters. The number of nitrogens with one attached hydrogen (secondary N) is 2. The Labute approximate surface area is 61.5 Å².